The number of anilines is 1. The molecule has 0 aliphatic carbocycles. The van der Waals surface area contributed by atoms with Crippen molar-refractivity contribution in [3.8, 4) is 0 Å². The second-order valence-corrected chi connectivity index (χ2v) is 3.35. The molecular weight excluding hydrogens is 156 g/mol. The molecule has 1 aromatic carbocycles. The van der Waals surface area contributed by atoms with E-state index in [1.54, 1.807) is 11.3 Å². The molecular formula is C8H9N2S+. The highest BCUT2D eigenvalue weighted by atomic mass is 32.1. The highest BCUT2D eigenvalue weighted by molar-refractivity contribution is 7.21. The molecule has 0 amide bonds. The fraction of sp³-hybridized carbons (Fsp3) is 0.125. The molecule has 0 bridgehead atoms. The Morgan fingerprint density at radius 2 is 2.18 bits per heavy atom. The smallest absolute Gasteiger partial charge is 0.268 e. The minimum Gasteiger partial charge on any atom is -0.268 e. The SMILES string of the molecule is CNc1[nH+]c2ccccc2s1. The third-order valence-electron chi connectivity index (χ3n) is 1.57. The van der Waals surface area contributed by atoms with E-state index in [1.807, 2.05) is 19.2 Å². The first-order valence-corrected chi connectivity index (χ1v) is 4.30. The van der Waals surface area contributed by atoms with Crippen molar-refractivity contribution in [1.29, 1.82) is 0 Å². The van der Waals surface area contributed by atoms with Gasteiger partial charge in [0.15, 0.2) is 0 Å². The van der Waals surface area contributed by atoms with Crippen LogP contribution < -0.4 is 10.3 Å². The highest BCUT2D eigenvalue weighted by Crippen LogP contribution is 2.20. The predicted octanol–water partition coefficient (Wildman–Crippen LogP) is 1.76. The number of thiazole rings is 1. The van der Waals surface area contributed by atoms with Gasteiger partial charge in [-0.05, 0) is 23.5 Å². The van der Waals surface area contributed by atoms with Gasteiger partial charge in [-0.1, -0.05) is 12.1 Å². The lowest BCUT2D eigenvalue weighted by Crippen LogP contribution is -2.03. The molecule has 2 rings (SSSR count). The van der Waals surface area contributed by atoms with Gasteiger partial charge in [-0.25, -0.2) is 4.98 Å². The third-order valence-corrected chi connectivity index (χ3v) is 2.66. The Morgan fingerprint density at radius 1 is 1.36 bits per heavy atom. The number of para-hydroxylation sites is 1. The van der Waals surface area contributed by atoms with Crippen LogP contribution in [0, 0.1) is 0 Å². The van der Waals surface area contributed by atoms with Gasteiger partial charge in [-0.3, -0.25) is 5.32 Å². The molecule has 0 spiro atoms. The van der Waals surface area contributed by atoms with E-state index in [1.165, 1.54) is 10.2 Å². The average molecular weight is 165 g/mol. The van der Waals surface area contributed by atoms with Crippen LogP contribution in [0.1, 0.15) is 0 Å². The summed E-state index contributed by atoms with van der Waals surface area (Å²) < 4.78 is 1.29. The quantitative estimate of drug-likeness (QED) is 0.684. The minimum atomic E-state index is 1.10. The molecule has 2 nitrogen and oxygen atoms in total. The van der Waals surface area contributed by atoms with Crippen molar-refractivity contribution >= 4 is 26.7 Å². The molecule has 0 saturated carbocycles. The molecule has 3 heteroatoms. The maximum Gasteiger partial charge on any atom is 0.332 e. The van der Waals surface area contributed by atoms with Crippen LogP contribution in [0.2, 0.25) is 0 Å². The van der Waals surface area contributed by atoms with Crippen LogP contribution in [-0.2, 0) is 0 Å². The van der Waals surface area contributed by atoms with E-state index in [4.69, 9.17) is 0 Å². The standard InChI is InChI=1S/C8H8N2S/c1-9-8-10-6-4-2-3-5-7(6)11-8/h2-5H,1H3,(H,9,10)/p+1. The molecule has 0 radical (unpaired) electrons. The molecule has 2 N–H and O–H groups in total. The molecule has 0 unspecified atom stereocenters. The number of hydrogen-bond acceptors (Lipinski definition) is 2. The Bertz CT molecular complexity index is 334. The summed E-state index contributed by atoms with van der Waals surface area (Å²) in [5.41, 5.74) is 1.20. The van der Waals surface area contributed by atoms with Gasteiger partial charge in [0.05, 0.1) is 11.7 Å². The second-order valence-electron chi connectivity index (χ2n) is 2.30. The van der Waals surface area contributed by atoms with Gasteiger partial charge >= 0.3 is 5.13 Å². The summed E-state index contributed by atoms with van der Waals surface area (Å²) in [6.45, 7) is 0. The molecule has 1 heterocycles. The average Bonchev–Trinajstić information content (AvgIpc) is 2.46. The number of benzene rings is 1. The fourth-order valence-electron chi connectivity index (χ4n) is 1.03. The molecule has 0 saturated heterocycles. The zero-order valence-corrected chi connectivity index (χ0v) is 7.03. The summed E-state index contributed by atoms with van der Waals surface area (Å²) in [4.78, 5) is 3.25. The molecule has 0 fully saturated rings. The van der Waals surface area contributed by atoms with E-state index < -0.39 is 0 Å². The maximum absolute atomic E-state index is 3.25. The zero-order chi connectivity index (χ0) is 7.68. The summed E-state index contributed by atoms with van der Waals surface area (Å²) in [5, 5.41) is 4.18. The fourth-order valence-corrected chi connectivity index (χ4v) is 1.89. The van der Waals surface area contributed by atoms with E-state index in [0.29, 0.717) is 0 Å². The van der Waals surface area contributed by atoms with Crippen LogP contribution in [0.15, 0.2) is 24.3 Å². The van der Waals surface area contributed by atoms with Crippen molar-refractivity contribution < 1.29 is 4.98 Å². The third kappa shape index (κ3) is 1.07. The normalized spacial score (nSPS) is 10.3. The lowest BCUT2D eigenvalue weighted by molar-refractivity contribution is -0.321. The number of rotatable bonds is 1. The number of nitrogens with one attached hydrogen (secondary N) is 2. The zero-order valence-electron chi connectivity index (χ0n) is 6.22. The van der Waals surface area contributed by atoms with Crippen LogP contribution in [0.4, 0.5) is 5.13 Å². The van der Waals surface area contributed by atoms with Crippen molar-refractivity contribution in [2.24, 2.45) is 0 Å². The summed E-state index contributed by atoms with van der Waals surface area (Å²) >= 11 is 1.73. The van der Waals surface area contributed by atoms with Gasteiger partial charge < -0.3 is 0 Å². The van der Waals surface area contributed by atoms with Gasteiger partial charge in [0.1, 0.15) is 5.52 Å². The van der Waals surface area contributed by atoms with Gasteiger partial charge in [-0.2, -0.15) is 0 Å². The second kappa shape index (κ2) is 2.51. The summed E-state index contributed by atoms with van der Waals surface area (Å²) in [6, 6.07) is 8.26. The summed E-state index contributed by atoms with van der Waals surface area (Å²) in [5.74, 6) is 0. The Hall–Kier alpha value is -1.09. The van der Waals surface area contributed by atoms with Gasteiger partial charge in [0.2, 0.25) is 0 Å². The van der Waals surface area contributed by atoms with Crippen LogP contribution in [-0.4, -0.2) is 7.05 Å². The minimum absolute atomic E-state index is 1.10. The number of aromatic nitrogens is 1. The lowest BCUT2D eigenvalue weighted by Gasteiger charge is -1.78. The van der Waals surface area contributed by atoms with Gasteiger partial charge in [0.25, 0.3) is 0 Å². The monoisotopic (exact) mass is 165 g/mol. The van der Waals surface area contributed by atoms with E-state index in [0.717, 1.165) is 5.13 Å². The highest BCUT2D eigenvalue weighted by Gasteiger charge is 2.04. The topological polar surface area (TPSA) is 26.2 Å². The van der Waals surface area contributed by atoms with Crippen molar-refractivity contribution in [3.05, 3.63) is 24.3 Å². The Morgan fingerprint density at radius 3 is 2.91 bits per heavy atom. The van der Waals surface area contributed by atoms with Crippen molar-refractivity contribution in [3.63, 3.8) is 0 Å². The molecule has 11 heavy (non-hydrogen) atoms. The lowest BCUT2D eigenvalue weighted by atomic mass is 10.3. The van der Waals surface area contributed by atoms with Crippen LogP contribution in [0.5, 0.6) is 0 Å². The van der Waals surface area contributed by atoms with Crippen LogP contribution >= 0.6 is 11.3 Å². The first kappa shape index (κ1) is 6.61. The largest absolute Gasteiger partial charge is 0.332 e. The van der Waals surface area contributed by atoms with Gasteiger partial charge in [-0.15, -0.1) is 0 Å². The Balaban J connectivity index is 2.69. The van der Waals surface area contributed by atoms with Crippen molar-refractivity contribution in [2.75, 3.05) is 12.4 Å². The van der Waals surface area contributed by atoms with Crippen LogP contribution in [0.3, 0.4) is 0 Å². The molecule has 0 aliphatic rings. The molecule has 0 atom stereocenters. The summed E-state index contributed by atoms with van der Waals surface area (Å²) in [6.07, 6.45) is 0. The van der Waals surface area contributed by atoms with E-state index in [9.17, 15) is 0 Å². The number of H-pyrrole nitrogens is 1. The number of fused-ring (bicyclic) bond motifs is 1. The van der Waals surface area contributed by atoms with E-state index in [2.05, 4.69) is 22.4 Å². The number of hydrogen-bond donors (Lipinski definition) is 1. The van der Waals surface area contributed by atoms with E-state index in [-0.39, 0.29) is 0 Å². The van der Waals surface area contributed by atoms with Crippen LogP contribution in [0.25, 0.3) is 10.2 Å². The first-order valence-electron chi connectivity index (χ1n) is 3.49. The number of aromatic amines is 1. The predicted molar refractivity (Wildman–Crippen MR) is 47.9 cm³/mol. The molecule has 0 aliphatic heterocycles. The molecule has 1 aromatic heterocycles. The Labute approximate surface area is 68.9 Å². The van der Waals surface area contributed by atoms with Crippen molar-refractivity contribution in [1.82, 2.24) is 0 Å². The maximum atomic E-state index is 3.25. The van der Waals surface area contributed by atoms with Crippen molar-refractivity contribution in [2.45, 2.75) is 0 Å². The molecule has 56 valence electrons. The molecule has 2 aromatic rings. The van der Waals surface area contributed by atoms with Gasteiger partial charge in [0, 0.05) is 0 Å². The Kier molecular flexibility index (Phi) is 1.51. The van der Waals surface area contributed by atoms with E-state index >= 15 is 0 Å². The first-order chi connectivity index (χ1) is 5.40. The summed E-state index contributed by atoms with van der Waals surface area (Å²) in [7, 11) is 1.92.